The van der Waals surface area contributed by atoms with Crippen LogP contribution in [0.5, 0.6) is 0 Å². The maximum absolute atomic E-state index is 12.4. The average molecular weight is 285 g/mol. The van der Waals surface area contributed by atoms with Gasteiger partial charge in [0.05, 0.1) is 11.2 Å². The molecule has 2 heterocycles. The number of nitrogens with one attached hydrogen (secondary N) is 2. The van der Waals surface area contributed by atoms with Crippen molar-refractivity contribution in [3.63, 3.8) is 0 Å². The van der Waals surface area contributed by atoms with Gasteiger partial charge in [0.15, 0.2) is 0 Å². The van der Waals surface area contributed by atoms with Gasteiger partial charge in [0.1, 0.15) is 12.7 Å². The first-order valence-electron chi connectivity index (χ1n) is 7.19. The van der Waals surface area contributed by atoms with Gasteiger partial charge in [-0.1, -0.05) is 0 Å². The minimum Gasteiger partial charge on any atom is -0.324 e. The second kappa shape index (κ2) is 5.65. The molecular formula is C15H19N5O. The molecule has 0 bridgehead atoms. The zero-order chi connectivity index (χ0) is 14.7. The van der Waals surface area contributed by atoms with Gasteiger partial charge in [-0.05, 0) is 57.0 Å². The van der Waals surface area contributed by atoms with E-state index >= 15 is 0 Å². The van der Waals surface area contributed by atoms with Crippen LogP contribution in [0.3, 0.4) is 0 Å². The van der Waals surface area contributed by atoms with E-state index in [1.54, 1.807) is 11.0 Å². The quantitative estimate of drug-likeness (QED) is 0.901. The molecule has 110 valence electrons. The monoisotopic (exact) mass is 285 g/mol. The lowest BCUT2D eigenvalue weighted by molar-refractivity contribution is -0.122. The van der Waals surface area contributed by atoms with Gasteiger partial charge in [0.25, 0.3) is 0 Å². The zero-order valence-corrected chi connectivity index (χ0v) is 12.0. The summed E-state index contributed by atoms with van der Waals surface area (Å²) in [6.45, 7) is 2.86. The third-order valence-electron chi connectivity index (χ3n) is 3.93. The van der Waals surface area contributed by atoms with Crippen LogP contribution < -0.4 is 10.6 Å². The first-order chi connectivity index (χ1) is 10.2. The fraction of sp³-hybridized carbons (Fsp3) is 0.400. The van der Waals surface area contributed by atoms with Crippen LogP contribution in [0.4, 0.5) is 5.69 Å². The molecule has 2 aromatic rings. The topological polar surface area (TPSA) is 71.8 Å². The molecule has 1 saturated heterocycles. The van der Waals surface area contributed by atoms with Crippen LogP contribution >= 0.6 is 0 Å². The summed E-state index contributed by atoms with van der Waals surface area (Å²) < 4.78 is 1.68. The number of benzene rings is 1. The standard InChI is InChI=1S/C15H19N5O/c1-15(8-2-3-9-17-15)14(21)19-12-4-6-13(7-5-12)20-11-16-10-18-20/h4-7,10-11,17H,2-3,8-9H2,1H3,(H,19,21). The van der Waals surface area contributed by atoms with Crippen molar-refractivity contribution in [3.05, 3.63) is 36.9 Å². The maximum Gasteiger partial charge on any atom is 0.244 e. The molecule has 21 heavy (non-hydrogen) atoms. The molecule has 0 saturated carbocycles. The highest BCUT2D eigenvalue weighted by molar-refractivity contribution is 5.97. The Morgan fingerprint density at radius 2 is 2.14 bits per heavy atom. The van der Waals surface area contributed by atoms with Crippen LogP contribution in [-0.2, 0) is 4.79 Å². The molecule has 1 aromatic carbocycles. The SMILES string of the molecule is CC1(C(=O)Nc2ccc(-n3cncn3)cc2)CCCCN1. The van der Waals surface area contributed by atoms with Gasteiger partial charge in [0, 0.05) is 5.69 Å². The van der Waals surface area contributed by atoms with Gasteiger partial charge in [-0.3, -0.25) is 4.79 Å². The number of hydrogen-bond donors (Lipinski definition) is 2. The fourth-order valence-electron chi connectivity index (χ4n) is 2.56. The van der Waals surface area contributed by atoms with E-state index in [0.29, 0.717) is 0 Å². The summed E-state index contributed by atoms with van der Waals surface area (Å²) in [6, 6.07) is 7.56. The first-order valence-corrected chi connectivity index (χ1v) is 7.19. The third-order valence-corrected chi connectivity index (χ3v) is 3.93. The molecule has 3 rings (SSSR count). The Hall–Kier alpha value is -2.21. The number of aromatic nitrogens is 3. The molecule has 1 amide bonds. The summed E-state index contributed by atoms with van der Waals surface area (Å²) in [5.41, 5.74) is 1.23. The zero-order valence-electron chi connectivity index (χ0n) is 12.0. The molecule has 1 aliphatic heterocycles. The molecule has 1 aliphatic rings. The lowest BCUT2D eigenvalue weighted by Crippen LogP contribution is -2.54. The van der Waals surface area contributed by atoms with Crippen molar-refractivity contribution in [2.24, 2.45) is 0 Å². The summed E-state index contributed by atoms with van der Waals surface area (Å²) in [7, 11) is 0. The van der Waals surface area contributed by atoms with Crippen LogP contribution in [0.15, 0.2) is 36.9 Å². The summed E-state index contributed by atoms with van der Waals surface area (Å²) in [5, 5.41) is 10.4. The molecule has 0 spiro atoms. The fourth-order valence-corrected chi connectivity index (χ4v) is 2.56. The van der Waals surface area contributed by atoms with Gasteiger partial charge in [-0.15, -0.1) is 0 Å². The number of piperidine rings is 1. The van der Waals surface area contributed by atoms with Crippen molar-refractivity contribution in [1.29, 1.82) is 0 Å². The highest BCUT2D eigenvalue weighted by atomic mass is 16.2. The lowest BCUT2D eigenvalue weighted by Gasteiger charge is -2.33. The summed E-state index contributed by atoms with van der Waals surface area (Å²) in [5.74, 6) is 0.0238. The summed E-state index contributed by atoms with van der Waals surface area (Å²) >= 11 is 0. The Balaban J connectivity index is 1.69. The number of carbonyl (C=O) groups excluding carboxylic acids is 1. The molecule has 6 nitrogen and oxygen atoms in total. The Morgan fingerprint density at radius 3 is 2.76 bits per heavy atom. The van der Waals surface area contributed by atoms with E-state index < -0.39 is 5.54 Å². The van der Waals surface area contributed by atoms with E-state index in [1.165, 1.54) is 6.33 Å². The van der Waals surface area contributed by atoms with E-state index in [-0.39, 0.29) is 5.91 Å². The molecule has 1 fully saturated rings. The van der Waals surface area contributed by atoms with Gasteiger partial charge < -0.3 is 10.6 Å². The smallest absolute Gasteiger partial charge is 0.244 e. The number of amides is 1. The predicted molar refractivity (Wildman–Crippen MR) is 80.2 cm³/mol. The van der Waals surface area contributed by atoms with E-state index in [4.69, 9.17) is 0 Å². The molecule has 1 unspecified atom stereocenters. The Bertz CT molecular complexity index is 600. The number of nitrogens with zero attached hydrogens (tertiary/aromatic N) is 3. The Kier molecular flexibility index (Phi) is 3.70. The van der Waals surface area contributed by atoms with Crippen LogP contribution in [0, 0.1) is 0 Å². The maximum atomic E-state index is 12.4. The van der Waals surface area contributed by atoms with E-state index in [2.05, 4.69) is 20.7 Å². The molecule has 0 aliphatic carbocycles. The third kappa shape index (κ3) is 2.95. The molecule has 1 atom stereocenters. The van der Waals surface area contributed by atoms with Crippen molar-refractivity contribution in [2.45, 2.75) is 31.7 Å². The highest BCUT2D eigenvalue weighted by Gasteiger charge is 2.34. The van der Waals surface area contributed by atoms with Crippen LogP contribution in [0.2, 0.25) is 0 Å². The summed E-state index contributed by atoms with van der Waals surface area (Å²) in [6.07, 6.45) is 6.22. The van der Waals surface area contributed by atoms with Gasteiger partial charge in [-0.2, -0.15) is 5.10 Å². The molecule has 6 heteroatoms. The van der Waals surface area contributed by atoms with Crippen molar-refractivity contribution in [2.75, 3.05) is 11.9 Å². The van der Waals surface area contributed by atoms with Crippen LogP contribution in [0.1, 0.15) is 26.2 Å². The largest absolute Gasteiger partial charge is 0.324 e. The molecule has 2 N–H and O–H groups in total. The van der Waals surface area contributed by atoms with Crippen LogP contribution in [0.25, 0.3) is 5.69 Å². The minimum absolute atomic E-state index is 0.0238. The van der Waals surface area contributed by atoms with Crippen molar-refractivity contribution in [3.8, 4) is 5.69 Å². The molecule has 0 radical (unpaired) electrons. The van der Waals surface area contributed by atoms with E-state index in [0.717, 1.165) is 37.2 Å². The molecule has 1 aromatic heterocycles. The number of anilines is 1. The second-order valence-electron chi connectivity index (χ2n) is 5.56. The number of rotatable bonds is 3. The predicted octanol–water partition coefficient (Wildman–Crippen LogP) is 1.74. The van der Waals surface area contributed by atoms with E-state index in [9.17, 15) is 4.79 Å². The Labute approximate surface area is 123 Å². The first kappa shape index (κ1) is 13.8. The van der Waals surface area contributed by atoms with E-state index in [1.807, 2.05) is 31.2 Å². The van der Waals surface area contributed by atoms with Gasteiger partial charge >= 0.3 is 0 Å². The second-order valence-corrected chi connectivity index (χ2v) is 5.56. The van der Waals surface area contributed by atoms with Crippen molar-refractivity contribution < 1.29 is 4.79 Å². The Morgan fingerprint density at radius 1 is 1.33 bits per heavy atom. The van der Waals surface area contributed by atoms with Crippen LogP contribution in [-0.4, -0.2) is 32.8 Å². The minimum atomic E-state index is -0.469. The number of carbonyl (C=O) groups is 1. The number of hydrogen-bond acceptors (Lipinski definition) is 4. The average Bonchev–Trinajstić information content (AvgIpc) is 3.03. The van der Waals surface area contributed by atoms with Crippen molar-refractivity contribution in [1.82, 2.24) is 20.1 Å². The van der Waals surface area contributed by atoms with Gasteiger partial charge in [-0.25, -0.2) is 9.67 Å². The normalized spacial score (nSPS) is 22.0. The highest BCUT2D eigenvalue weighted by Crippen LogP contribution is 2.21. The summed E-state index contributed by atoms with van der Waals surface area (Å²) in [4.78, 5) is 16.3. The van der Waals surface area contributed by atoms with Crippen molar-refractivity contribution >= 4 is 11.6 Å². The van der Waals surface area contributed by atoms with Gasteiger partial charge in [0.2, 0.25) is 5.91 Å². The lowest BCUT2D eigenvalue weighted by atomic mass is 9.90. The molecular weight excluding hydrogens is 266 g/mol.